The number of rotatable bonds is 6. The molecular weight excluding hydrogens is 314 g/mol. The predicted octanol–water partition coefficient (Wildman–Crippen LogP) is 2.85. The van der Waals surface area contributed by atoms with Crippen LogP contribution in [0.5, 0.6) is 5.75 Å². The molecule has 3 rings (SSSR count). The van der Waals surface area contributed by atoms with Gasteiger partial charge < -0.3 is 15.8 Å². The van der Waals surface area contributed by atoms with Crippen LogP contribution < -0.4 is 15.8 Å². The molecule has 0 radical (unpaired) electrons. The van der Waals surface area contributed by atoms with Crippen molar-refractivity contribution in [3.63, 3.8) is 0 Å². The Balaban J connectivity index is 1.55. The highest BCUT2D eigenvalue weighted by molar-refractivity contribution is 5.93. The maximum Gasteiger partial charge on any atom is 0.193 e. The highest BCUT2D eigenvalue weighted by atomic mass is 16.5. The number of aromatic nitrogens is 2. The quantitative estimate of drug-likeness (QED) is 0.536. The Morgan fingerprint density at radius 1 is 1.16 bits per heavy atom. The molecule has 0 aliphatic carbocycles. The third-order valence-electron chi connectivity index (χ3n) is 3.76. The van der Waals surface area contributed by atoms with Gasteiger partial charge in [-0.25, -0.2) is 4.68 Å². The fourth-order valence-corrected chi connectivity index (χ4v) is 2.47. The molecule has 1 heterocycles. The maximum absolute atomic E-state index is 5.95. The number of guanidine groups is 1. The van der Waals surface area contributed by atoms with Crippen molar-refractivity contribution in [2.75, 3.05) is 19.0 Å². The van der Waals surface area contributed by atoms with Crippen LogP contribution in [0.4, 0.5) is 5.69 Å². The molecular formula is C19H21N5O. The van der Waals surface area contributed by atoms with Crippen molar-refractivity contribution in [3.8, 4) is 11.4 Å². The van der Waals surface area contributed by atoms with Gasteiger partial charge in [0.05, 0.1) is 18.5 Å². The largest absolute Gasteiger partial charge is 0.495 e. The highest BCUT2D eigenvalue weighted by Gasteiger charge is 2.02. The summed E-state index contributed by atoms with van der Waals surface area (Å²) in [4.78, 5) is 4.37. The van der Waals surface area contributed by atoms with Gasteiger partial charge in [-0.1, -0.05) is 24.3 Å². The van der Waals surface area contributed by atoms with E-state index >= 15 is 0 Å². The van der Waals surface area contributed by atoms with E-state index in [0.29, 0.717) is 12.5 Å². The summed E-state index contributed by atoms with van der Waals surface area (Å²) in [6.45, 7) is 0.606. The third-order valence-corrected chi connectivity index (χ3v) is 3.76. The fourth-order valence-electron chi connectivity index (χ4n) is 2.47. The second-order valence-electron chi connectivity index (χ2n) is 5.46. The average molecular weight is 335 g/mol. The third kappa shape index (κ3) is 4.38. The monoisotopic (exact) mass is 335 g/mol. The number of anilines is 1. The van der Waals surface area contributed by atoms with Crippen molar-refractivity contribution >= 4 is 11.6 Å². The zero-order valence-corrected chi connectivity index (χ0v) is 14.1. The first-order valence-electron chi connectivity index (χ1n) is 8.05. The SMILES string of the molecule is COc1ccccc1NC(N)=NCCc1ccc(-n2cccn2)cc1. The second kappa shape index (κ2) is 8.01. The predicted molar refractivity (Wildman–Crippen MR) is 100 cm³/mol. The first-order valence-corrected chi connectivity index (χ1v) is 8.05. The van der Waals surface area contributed by atoms with Gasteiger partial charge in [-0.05, 0) is 42.3 Å². The maximum atomic E-state index is 5.95. The standard InChI is InChI=1S/C19H21N5O/c1-25-18-6-3-2-5-17(18)23-19(20)21-13-11-15-7-9-16(10-8-15)24-14-4-12-22-24/h2-10,12,14H,11,13H2,1H3,(H3,20,21,23). The Morgan fingerprint density at radius 2 is 1.96 bits per heavy atom. The van der Waals surface area contributed by atoms with E-state index in [1.807, 2.05) is 53.3 Å². The Morgan fingerprint density at radius 3 is 2.68 bits per heavy atom. The Kier molecular flexibility index (Phi) is 5.31. The van der Waals surface area contributed by atoms with Gasteiger partial charge in [0.2, 0.25) is 0 Å². The van der Waals surface area contributed by atoms with Crippen molar-refractivity contribution in [2.45, 2.75) is 6.42 Å². The van der Waals surface area contributed by atoms with E-state index in [-0.39, 0.29) is 0 Å². The number of benzene rings is 2. The molecule has 1 aromatic heterocycles. The lowest BCUT2D eigenvalue weighted by atomic mass is 10.1. The molecule has 0 unspecified atom stereocenters. The van der Waals surface area contributed by atoms with Crippen LogP contribution in [0.2, 0.25) is 0 Å². The number of hydrogen-bond donors (Lipinski definition) is 2. The molecule has 3 N–H and O–H groups in total. The minimum atomic E-state index is 0.373. The summed E-state index contributed by atoms with van der Waals surface area (Å²) in [6, 6.07) is 17.7. The molecule has 0 atom stereocenters. The number of nitrogens with one attached hydrogen (secondary N) is 1. The van der Waals surface area contributed by atoms with Crippen LogP contribution in [-0.4, -0.2) is 29.4 Å². The summed E-state index contributed by atoms with van der Waals surface area (Å²) in [6.07, 6.45) is 4.50. The first kappa shape index (κ1) is 16.6. The molecule has 6 heteroatoms. The zero-order valence-electron chi connectivity index (χ0n) is 14.1. The lowest BCUT2D eigenvalue weighted by molar-refractivity contribution is 0.417. The van der Waals surface area contributed by atoms with Crippen LogP contribution in [-0.2, 0) is 6.42 Å². The van der Waals surface area contributed by atoms with Crippen LogP contribution >= 0.6 is 0 Å². The van der Waals surface area contributed by atoms with Crippen LogP contribution in [0.1, 0.15) is 5.56 Å². The van der Waals surface area contributed by atoms with E-state index < -0.39 is 0 Å². The second-order valence-corrected chi connectivity index (χ2v) is 5.46. The lowest BCUT2D eigenvalue weighted by Crippen LogP contribution is -2.23. The molecule has 0 saturated carbocycles. The van der Waals surface area contributed by atoms with Gasteiger partial charge in [-0.15, -0.1) is 0 Å². The van der Waals surface area contributed by atoms with Gasteiger partial charge >= 0.3 is 0 Å². The van der Waals surface area contributed by atoms with E-state index in [9.17, 15) is 0 Å². The molecule has 128 valence electrons. The van der Waals surface area contributed by atoms with Crippen molar-refractivity contribution in [1.82, 2.24) is 9.78 Å². The van der Waals surface area contributed by atoms with Crippen molar-refractivity contribution < 1.29 is 4.74 Å². The van der Waals surface area contributed by atoms with Crippen LogP contribution in [0.3, 0.4) is 0 Å². The van der Waals surface area contributed by atoms with Crippen molar-refractivity contribution in [2.24, 2.45) is 10.7 Å². The molecule has 0 bridgehead atoms. The summed E-state index contributed by atoms with van der Waals surface area (Å²) in [5.74, 6) is 1.10. The van der Waals surface area contributed by atoms with Gasteiger partial charge in [-0.2, -0.15) is 5.10 Å². The number of hydrogen-bond acceptors (Lipinski definition) is 3. The lowest BCUT2D eigenvalue weighted by Gasteiger charge is -2.10. The number of ether oxygens (including phenoxy) is 1. The zero-order chi connectivity index (χ0) is 17.5. The van der Waals surface area contributed by atoms with E-state index in [2.05, 4.69) is 27.5 Å². The molecule has 0 amide bonds. The minimum Gasteiger partial charge on any atom is -0.495 e. The molecule has 0 fully saturated rings. The molecule has 0 spiro atoms. The Hall–Kier alpha value is -3.28. The Labute approximate surface area is 147 Å². The number of aliphatic imine (C=N–C) groups is 1. The topological polar surface area (TPSA) is 77.5 Å². The number of para-hydroxylation sites is 2. The molecule has 0 saturated heterocycles. The molecule has 2 aromatic carbocycles. The Bertz CT molecular complexity index is 825. The normalized spacial score (nSPS) is 11.3. The van der Waals surface area contributed by atoms with E-state index in [1.165, 1.54) is 5.56 Å². The summed E-state index contributed by atoms with van der Waals surface area (Å²) >= 11 is 0. The summed E-state index contributed by atoms with van der Waals surface area (Å²) in [7, 11) is 1.63. The average Bonchev–Trinajstić information content (AvgIpc) is 3.17. The molecule has 3 aromatic rings. The van der Waals surface area contributed by atoms with Crippen LogP contribution in [0.15, 0.2) is 72.0 Å². The number of nitrogens with two attached hydrogens (primary N) is 1. The molecule has 0 aliphatic rings. The van der Waals surface area contributed by atoms with Crippen molar-refractivity contribution in [3.05, 3.63) is 72.6 Å². The van der Waals surface area contributed by atoms with E-state index in [1.54, 1.807) is 13.3 Å². The molecule has 6 nitrogen and oxygen atoms in total. The molecule has 0 aliphatic heterocycles. The van der Waals surface area contributed by atoms with Crippen LogP contribution in [0.25, 0.3) is 5.69 Å². The van der Waals surface area contributed by atoms with Gasteiger partial charge in [-0.3, -0.25) is 4.99 Å². The summed E-state index contributed by atoms with van der Waals surface area (Å²) in [5, 5.41) is 7.28. The highest BCUT2D eigenvalue weighted by Crippen LogP contribution is 2.22. The number of nitrogens with zero attached hydrogens (tertiary/aromatic N) is 3. The fraction of sp³-hybridized carbons (Fsp3) is 0.158. The van der Waals surface area contributed by atoms with Crippen molar-refractivity contribution in [1.29, 1.82) is 0 Å². The van der Waals surface area contributed by atoms with Gasteiger partial charge in [0.25, 0.3) is 0 Å². The molecule has 25 heavy (non-hydrogen) atoms. The summed E-state index contributed by atoms with van der Waals surface area (Å²) in [5.41, 5.74) is 8.99. The van der Waals surface area contributed by atoms with Gasteiger partial charge in [0, 0.05) is 18.9 Å². The number of methoxy groups -OCH3 is 1. The van der Waals surface area contributed by atoms with E-state index in [4.69, 9.17) is 10.5 Å². The van der Waals surface area contributed by atoms with E-state index in [0.717, 1.165) is 23.5 Å². The van der Waals surface area contributed by atoms with Gasteiger partial charge in [0.1, 0.15) is 5.75 Å². The van der Waals surface area contributed by atoms with Gasteiger partial charge in [0.15, 0.2) is 5.96 Å². The van der Waals surface area contributed by atoms with Crippen LogP contribution in [0, 0.1) is 0 Å². The smallest absolute Gasteiger partial charge is 0.193 e. The summed E-state index contributed by atoms with van der Waals surface area (Å²) < 4.78 is 7.11. The first-order chi connectivity index (χ1) is 12.3. The minimum absolute atomic E-state index is 0.373.